The van der Waals surface area contributed by atoms with Crippen molar-refractivity contribution >= 4 is 15.8 Å². The average Bonchev–Trinajstić information content (AvgIpc) is 2.64. The van der Waals surface area contributed by atoms with Crippen LogP contribution >= 0.6 is 0 Å². The van der Waals surface area contributed by atoms with E-state index in [2.05, 4.69) is 4.72 Å². The molecule has 0 amide bonds. The molecule has 5 heteroatoms. The van der Waals surface area contributed by atoms with Gasteiger partial charge in [-0.15, -0.1) is 0 Å². The lowest BCUT2D eigenvalue weighted by molar-refractivity contribution is -0.123. The van der Waals surface area contributed by atoms with E-state index >= 15 is 0 Å². The van der Waals surface area contributed by atoms with Gasteiger partial charge in [0.05, 0.1) is 10.9 Å². The number of aryl methyl sites for hydroxylation is 1. The summed E-state index contributed by atoms with van der Waals surface area (Å²) < 4.78 is 28.4. The van der Waals surface area contributed by atoms with Gasteiger partial charge in [0.25, 0.3) is 0 Å². The van der Waals surface area contributed by atoms with Gasteiger partial charge in [-0.25, -0.2) is 13.1 Å². The maximum atomic E-state index is 12.8. The third-order valence-electron chi connectivity index (χ3n) is 4.56. The van der Waals surface area contributed by atoms with E-state index in [4.69, 9.17) is 0 Å². The number of Topliss-reactive ketones (excluding diaryl/α,β-unsaturated/α-hetero) is 1. The van der Waals surface area contributed by atoms with Crippen molar-refractivity contribution < 1.29 is 13.2 Å². The normalized spacial score (nSPS) is 14.0. The van der Waals surface area contributed by atoms with Crippen LogP contribution in [0.5, 0.6) is 0 Å². The molecule has 0 aromatic heterocycles. The fraction of sp³-hybridized carbons (Fsp3) is 0.381. The first-order valence-electron chi connectivity index (χ1n) is 9.02. The van der Waals surface area contributed by atoms with Crippen LogP contribution in [-0.2, 0) is 14.8 Å². The van der Waals surface area contributed by atoms with Crippen LogP contribution in [-0.4, -0.2) is 14.2 Å². The highest BCUT2D eigenvalue weighted by Gasteiger charge is 2.29. The Labute approximate surface area is 156 Å². The van der Waals surface area contributed by atoms with Crippen molar-refractivity contribution in [2.75, 3.05) is 0 Å². The molecule has 2 aromatic rings. The van der Waals surface area contributed by atoms with Gasteiger partial charge in [-0.05, 0) is 31.0 Å². The number of hydrogen-bond donors (Lipinski definition) is 1. The second kappa shape index (κ2) is 9.10. The molecule has 140 valence electrons. The molecule has 2 aromatic carbocycles. The highest BCUT2D eigenvalue weighted by Crippen LogP contribution is 2.26. The summed E-state index contributed by atoms with van der Waals surface area (Å²) in [7, 11) is -3.73. The second-order valence-electron chi connectivity index (χ2n) is 6.68. The number of ketones is 1. The standard InChI is InChI=1S/C21H27NO3S/c1-4-5-11-20(23)17(3)21(18-9-7-6-8-10-18)22-26(24,25)19-14-12-16(2)13-15-19/h6-10,12-15,17,21-22H,4-5,11H2,1-3H3/t17-,21-/m1/s1. The average molecular weight is 374 g/mol. The Morgan fingerprint density at radius 2 is 1.65 bits per heavy atom. The molecule has 4 nitrogen and oxygen atoms in total. The molecule has 0 spiro atoms. The smallest absolute Gasteiger partial charge is 0.241 e. The summed E-state index contributed by atoms with van der Waals surface area (Å²) in [5.74, 6) is -0.364. The molecule has 0 unspecified atom stereocenters. The van der Waals surface area contributed by atoms with E-state index in [1.165, 1.54) is 0 Å². The first kappa shape index (κ1) is 20.3. The summed E-state index contributed by atoms with van der Waals surface area (Å²) in [5.41, 5.74) is 1.78. The van der Waals surface area contributed by atoms with E-state index < -0.39 is 22.0 Å². The van der Waals surface area contributed by atoms with Gasteiger partial charge in [0, 0.05) is 12.3 Å². The van der Waals surface area contributed by atoms with Crippen molar-refractivity contribution in [1.82, 2.24) is 4.72 Å². The van der Waals surface area contributed by atoms with Crippen LogP contribution in [0.2, 0.25) is 0 Å². The van der Waals surface area contributed by atoms with Gasteiger partial charge < -0.3 is 0 Å². The molecule has 0 saturated carbocycles. The fourth-order valence-electron chi connectivity index (χ4n) is 2.84. The van der Waals surface area contributed by atoms with Crippen molar-refractivity contribution in [3.8, 4) is 0 Å². The summed E-state index contributed by atoms with van der Waals surface area (Å²) >= 11 is 0. The first-order chi connectivity index (χ1) is 12.3. The molecule has 0 fully saturated rings. The van der Waals surface area contributed by atoms with Crippen molar-refractivity contribution in [1.29, 1.82) is 0 Å². The fourth-order valence-corrected chi connectivity index (χ4v) is 4.14. The summed E-state index contributed by atoms with van der Waals surface area (Å²) in [6.45, 7) is 5.74. The summed E-state index contributed by atoms with van der Waals surface area (Å²) in [6.07, 6.45) is 2.21. The van der Waals surface area contributed by atoms with Crippen molar-refractivity contribution in [3.63, 3.8) is 0 Å². The van der Waals surface area contributed by atoms with Crippen LogP contribution < -0.4 is 4.72 Å². The highest BCUT2D eigenvalue weighted by atomic mass is 32.2. The van der Waals surface area contributed by atoms with Gasteiger partial charge in [-0.3, -0.25) is 4.79 Å². The maximum absolute atomic E-state index is 12.8. The Kier molecular flexibility index (Phi) is 7.12. The molecule has 1 N–H and O–H groups in total. The lowest BCUT2D eigenvalue weighted by Crippen LogP contribution is -2.35. The monoisotopic (exact) mass is 373 g/mol. The molecule has 0 aliphatic carbocycles. The number of sulfonamides is 1. The van der Waals surface area contributed by atoms with E-state index in [1.807, 2.05) is 44.2 Å². The quantitative estimate of drug-likeness (QED) is 0.708. The van der Waals surface area contributed by atoms with Crippen LogP contribution in [0.4, 0.5) is 0 Å². The largest absolute Gasteiger partial charge is 0.299 e. The van der Waals surface area contributed by atoms with E-state index in [0.29, 0.717) is 6.42 Å². The molecule has 2 rings (SSSR count). The van der Waals surface area contributed by atoms with Gasteiger partial charge in [0.2, 0.25) is 10.0 Å². The van der Waals surface area contributed by atoms with Crippen LogP contribution in [0.3, 0.4) is 0 Å². The number of carbonyl (C=O) groups excluding carboxylic acids is 1. The zero-order chi connectivity index (χ0) is 19.2. The molecule has 0 aliphatic rings. The Hall–Kier alpha value is -1.98. The van der Waals surface area contributed by atoms with Crippen molar-refractivity contribution in [3.05, 3.63) is 65.7 Å². The Morgan fingerprint density at radius 3 is 2.23 bits per heavy atom. The van der Waals surface area contributed by atoms with Crippen molar-refractivity contribution in [2.24, 2.45) is 5.92 Å². The van der Waals surface area contributed by atoms with Gasteiger partial charge in [0.15, 0.2) is 0 Å². The lowest BCUT2D eigenvalue weighted by Gasteiger charge is -2.25. The van der Waals surface area contributed by atoms with Crippen LogP contribution in [0.1, 0.15) is 50.3 Å². The number of carbonyl (C=O) groups is 1. The molecule has 0 heterocycles. The number of unbranched alkanes of at least 4 members (excludes halogenated alkanes) is 1. The molecule has 0 radical (unpaired) electrons. The van der Waals surface area contributed by atoms with E-state index in [9.17, 15) is 13.2 Å². The van der Waals surface area contributed by atoms with Gasteiger partial charge in [-0.2, -0.15) is 0 Å². The van der Waals surface area contributed by atoms with Crippen molar-refractivity contribution in [2.45, 2.75) is 51.0 Å². The van der Waals surface area contributed by atoms with Gasteiger partial charge >= 0.3 is 0 Å². The zero-order valence-corrected chi connectivity index (χ0v) is 16.4. The molecular formula is C21H27NO3S. The maximum Gasteiger partial charge on any atom is 0.241 e. The van der Waals surface area contributed by atoms with Crippen LogP contribution in [0.15, 0.2) is 59.5 Å². The topological polar surface area (TPSA) is 63.2 Å². The Balaban J connectivity index is 2.32. The van der Waals surface area contributed by atoms with Crippen LogP contribution in [0.25, 0.3) is 0 Å². The molecule has 0 aliphatic heterocycles. The zero-order valence-electron chi connectivity index (χ0n) is 15.6. The number of rotatable bonds is 9. The summed E-state index contributed by atoms with van der Waals surface area (Å²) in [6, 6.07) is 15.4. The van der Waals surface area contributed by atoms with Gasteiger partial charge in [-0.1, -0.05) is 68.3 Å². The molecule has 0 saturated heterocycles. The number of hydrogen-bond acceptors (Lipinski definition) is 3. The SMILES string of the molecule is CCCCC(=O)[C@@H](C)[C@@H](NS(=O)(=O)c1ccc(C)cc1)c1ccccc1. The van der Waals surface area contributed by atoms with E-state index in [1.54, 1.807) is 31.2 Å². The minimum Gasteiger partial charge on any atom is -0.299 e. The second-order valence-corrected chi connectivity index (χ2v) is 8.40. The minimum atomic E-state index is -3.73. The minimum absolute atomic E-state index is 0.0762. The van der Waals surface area contributed by atoms with Gasteiger partial charge in [0.1, 0.15) is 5.78 Å². The summed E-state index contributed by atoms with van der Waals surface area (Å²) in [4.78, 5) is 12.8. The number of nitrogens with one attached hydrogen (secondary N) is 1. The predicted molar refractivity (Wildman–Crippen MR) is 104 cm³/mol. The lowest BCUT2D eigenvalue weighted by atomic mass is 9.90. The molecule has 0 bridgehead atoms. The molecule has 26 heavy (non-hydrogen) atoms. The third kappa shape index (κ3) is 5.26. The highest BCUT2D eigenvalue weighted by molar-refractivity contribution is 7.89. The summed E-state index contributed by atoms with van der Waals surface area (Å²) in [5, 5.41) is 0. The predicted octanol–water partition coefficient (Wildman–Crippen LogP) is 4.41. The van der Waals surface area contributed by atoms with Crippen LogP contribution in [0, 0.1) is 12.8 Å². The third-order valence-corrected chi connectivity index (χ3v) is 6.01. The first-order valence-corrected chi connectivity index (χ1v) is 10.5. The molecule has 2 atom stereocenters. The van der Waals surface area contributed by atoms with E-state index in [0.717, 1.165) is 24.0 Å². The molecular weight excluding hydrogens is 346 g/mol. The Bertz CT molecular complexity index is 814. The Morgan fingerprint density at radius 1 is 1.04 bits per heavy atom. The number of benzene rings is 2. The van der Waals surface area contributed by atoms with E-state index in [-0.39, 0.29) is 10.7 Å².